The molecule has 1 unspecified atom stereocenters. The van der Waals surface area contributed by atoms with Crippen LogP contribution in [0.15, 0.2) is 58.8 Å². The highest BCUT2D eigenvalue weighted by Gasteiger charge is 2.13. The Morgan fingerprint density at radius 1 is 1.19 bits per heavy atom. The number of rotatable bonds is 5. The Kier molecular flexibility index (Phi) is 4.86. The van der Waals surface area contributed by atoms with E-state index >= 15 is 0 Å². The third-order valence-corrected chi connectivity index (χ3v) is 5.75. The van der Waals surface area contributed by atoms with Gasteiger partial charge in [0.05, 0.1) is 0 Å². The van der Waals surface area contributed by atoms with Gasteiger partial charge in [-0.3, -0.25) is 0 Å². The van der Waals surface area contributed by atoms with Gasteiger partial charge in [-0.15, -0.1) is 23.1 Å². The maximum Gasteiger partial charge on any atom is 0.0427 e. The van der Waals surface area contributed by atoms with Crippen LogP contribution in [0.3, 0.4) is 0 Å². The fraction of sp³-hybridized carbons (Fsp3) is 0.176. The Morgan fingerprint density at radius 2 is 2.05 bits per heavy atom. The molecule has 3 aromatic rings. The van der Waals surface area contributed by atoms with Gasteiger partial charge in [-0.2, -0.15) is 0 Å². The normalized spacial score (nSPS) is 12.7. The van der Waals surface area contributed by atoms with Crippen molar-refractivity contribution in [1.82, 2.24) is 5.32 Å². The molecule has 0 fully saturated rings. The van der Waals surface area contributed by atoms with Gasteiger partial charge in [0.15, 0.2) is 0 Å². The SMILES string of the molecule is CNC(CSc1cccc(Cl)c1)c1cccc2ccsc12. The van der Waals surface area contributed by atoms with E-state index in [0.717, 1.165) is 10.8 Å². The molecule has 1 heterocycles. The third-order valence-electron chi connectivity index (χ3n) is 3.45. The van der Waals surface area contributed by atoms with E-state index in [0.29, 0.717) is 6.04 Å². The lowest BCUT2D eigenvalue weighted by atomic mass is 10.1. The molecule has 0 bridgehead atoms. The van der Waals surface area contributed by atoms with Gasteiger partial charge in [0, 0.05) is 26.4 Å². The summed E-state index contributed by atoms with van der Waals surface area (Å²) in [7, 11) is 2.02. The second kappa shape index (κ2) is 6.84. The molecule has 1 N–H and O–H groups in total. The van der Waals surface area contributed by atoms with Gasteiger partial charge in [0.2, 0.25) is 0 Å². The first kappa shape index (κ1) is 14.9. The lowest BCUT2D eigenvalue weighted by Gasteiger charge is -2.17. The van der Waals surface area contributed by atoms with Gasteiger partial charge >= 0.3 is 0 Å². The summed E-state index contributed by atoms with van der Waals surface area (Å²) in [6, 6.07) is 17.1. The van der Waals surface area contributed by atoms with E-state index in [2.05, 4.69) is 41.0 Å². The van der Waals surface area contributed by atoms with Crippen LogP contribution in [0.5, 0.6) is 0 Å². The van der Waals surface area contributed by atoms with Crippen molar-refractivity contribution in [2.24, 2.45) is 0 Å². The Hall–Kier alpha value is -1.00. The van der Waals surface area contributed by atoms with Gasteiger partial charge in [0.25, 0.3) is 0 Å². The molecular formula is C17H16ClNS2. The number of thioether (sulfide) groups is 1. The number of nitrogens with one attached hydrogen (secondary N) is 1. The van der Waals surface area contributed by atoms with Crippen molar-refractivity contribution < 1.29 is 0 Å². The summed E-state index contributed by atoms with van der Waals surface area (Å²) in [6.07, 6.45) is 0. The highest BCUT2D eigenvalue weighted by atomic mass is 35.5. The summed E-state index contributed by atoms with van der Waals surface area (Å²) in [5, 5.41) is 7.71. The van der Waals surface area contributed by atoms with Gasteiger partial charge < -0.3 is 5.32 Å². The molecule has 3 rings (SSSR count). The largest absolute Gasteiger partial charge is 0.312 e. The van der Waals surface area contributed by atoms with E-state index in [1.165, 1.54) is 20.5 Å². The summed E-state index contributed by atoms with van der Waals surface area (Å²) < 4.78 is 1.38. The fourth-order valence-corrected chi connectivity index (χ4v) is 4.67. The van der Waals surface area contributed by atoms with Gasteiger partial charge in [0.1, 0.15) is 0 Å². The van der Waals surface area contributed by atoms with Crippen molar-refractivity contribution >= 4 is 44.8 Å². The highest BCUT2D eigenvalue weighted by molar-refractivity contribution is 7.99. The number of hydrogen-bond donors (Lipinski definition) is 1. The molecule has 0 aliphatic heterocycles. The summed E-state index contributed by atoms with van der Waals surface area (Å²) >= 11 is 9.69. The standard InChI is InChI=1S/C17H16ClNS2/c1-19-16(11-21-14-6-3-5-13(18)10-14)15-7-2-4-12-8-9-20-17(12)15/h2-10,16,19H,11H2,1H3. The molecule has 2 aromatic carbocycles. The molecule has 108 valence electrons. The molecule has 0 aliphatic carbocycles. The van der Waals surface area contributed by atoms with Crippen molar-refractivity contribution in [2.45, 2.75) is 10.9 Å². The average molecular weight is 334 g/mol. The molecule has 1 atom stereocenters. The third kappa shape index (κ3) is 3.43. The monoisotopic (exact) mass is 333 g/mol. The summed E-state index contributed by atoms with van der Waals surface area (Å²) in [5.41, 5.74) is 1.37. The molecule has 1 aromatic heterocycles. The van der Waals surface area contributed by atoms with Crippen LogP contribution in [0.25, 0.3) is 10.1 Å². The Labute approximate surface area is 138 Å². The van der Waals surface area contributed by atoms with Gasteiger partial charge in [-0.05, 0) is 47.6 Å². The summed E-state index contributed by atoms with van der Waals surface area (Å²) in [5.74, 6) is 0.980. The van der Waals surface area contributed by atoms with E-state index in [1.54, 1.807) is 0 Å². The highest BCUT2D eigenvalue weighted by Crippen LogP contribution is 2.32. The molecule has 0 amide bonds. The summed E-state index contributed by atoms with van der Waals surface area (Å²) in [6.45, 7) is 0. The van der Waals surface area contributed by atoms with Crippen LogP contribution in [0.2, 0.25) is 5.02 Å². The molecular weight excluding hydrogens is 318 g/mol. The molecule has 0 saturated heterocycles. The maximum absolute atomic E-state index is 6.05. The second-order valence-electron chi connectivity index (χ2n) is 4.80. The first-order valence-electron chi connectivity index (χ1n) is 6.79. The average Bonchev–Trinajstić information content (AvgIpc) is 2.97. The lowest BCUT2D eigenvalue weighted by Crippen LogP contribution is -2.18. The number of hydrogen-bond acceptors (Lipinski definition) is 3. The molecule has 4 heteroatoms. The zero-order valence-corrected chi connectivity index (χ0v) is 14.1. The van der Waals surface area contributed by atoms with Crippen LogP contribution < -0.4 is 5.32 Å². The van der Waals surface area contributed by atoms with Crippen LogP contribution in [0, 0.1) is 0 Å². The van der Waals surface area contributed by atoms with Gasteiger partial charge in [-0.25, -0.2) is 0 Å². The minimum atomic E-state index is 0.330. The molecule has 21 heavy (non-hydrogen) atoms. The zero-order valence-electron chi connectivity index (χ0n) is 11.7. The Bertz CT molecular complexity index is 738. The Morgan fingerprint density at radius 3 is 2.86 bits per heavy atom. The van der Waals surface area contributed by atoms with Crippen molar-refractivity contribution in [1.29, 1.82) is 0 Å². The molecule has 0 saturated carbocycles. The van der Waals surface area contributed by atoms with Gasteiger partial charge in [-0.1, -0.05) is 35.9 Å². The fourth-order valence-electron chi connectivity index (χ4n) is 2.36. The molecule has 1 nitrogen and oxygen atoms in total. The van der Waals surface area contributed by atoms with E-state index in [-0.39, 0.29) is 0 Å². The Balaban J connectivity index is 1.80. The summed E-state index contributed by atoms with van der Waals surface area (Å²) in [4.78, 5) is 1.21. The molecule has 0 radical (unpaired) electrons. The predicted molar refractivity (Wildman–Crippen MR) is 95.8 cm³/mol. The topological polar surface area (TPSA) is 12.0 Å². The van der Waals surface area contributed by atoms with E-state index in [1.807, 2.05) is 48.3 Å². The van der Waals surface area contributed by atoms with E-state index < -0.39 is 0 Å². The maximum atomic E-state index is 6.05. The van der Waals surface area contributed by atoms with Crippen LogP contribution in [0.4, 0.5) is 0 Å². The quantitative estimate of drug-likeness (QED) is 0.609. The van der Waals surface area contributed by atoms with Crippen LogP contribution in [0.1, 0.15) is 11.6 Å². The molecule has 0 aliphatic rings. The van der Waals surface area contributed by atoms with Crippen LogP contribution >= 0.6 is 34.7 Å². The number of benzene rings is 2. The van der Waals surface area contributed by atoms with Crippen molar-refractivity contribution in [3.63, 3.8) is 0 Å². The first-order chi connectivity index (χ1) is 10.3. The van der Waals surface area contributed by atoms with Crippen LogP contribution in [-0.2, 0) is 0 Å². The zero-order chi connectivity index (χ0) is 14.7. The first-order valence-corrected chi connectivity index (χ1v) is 9.04. The lowest BCUT2D eigenvalue weighted by molar-refractivity contribution is 0.667. The predicted octanol–water partition coefficient (Wildman–Crippen LogP) is 5.61. The smallest absolute Gasteiger partial charge is 0.0427 e. The van der Waals surface area contributed by atoms with Crippen molar-refractivity contribution in [3.8, 4) is 0 Å². The van der Waals surface area contributed by atoms with E-state index in [4.69, 9.17) is 11.6 Å². The minimum Gasteiger partial charge on any atom is -0.312 e. The number of halogens is 1. The second-order valence-corrected chi connectivity index (χ2v) is 7.24. The van der Waals surface area contributed by atoms with Crippen LogP contribution in [-0.4, -0.2) is 12.8 Å². The minimum absolute atomic E-state index is 0.330. The van der Waals surface area contributed by atoms with E-state index in [9.17, 15) is 0 Å². The number of thiophene rings is 1. The van der Waals surface area contributed by atoms with Crippen molar-refractivity contribution in [3.05, 3.63) is 64.5 Å². The number of fused-ring (bicyclic) bond motifs is 1. The van der Waals surface area contributed by atoms with Crippen molar-refractivity contribution in [2.75, 3.05) is 12.8 Å². The molecule has 0 spiro atoms.